The van der Waals surface area contributed by atoms with E-state index in [1.807, 2.05) is 6.08 Å². The molecule has 96 valence electrons. The topological polar surface area (TPSA) is 68.0 Å². The van der Waals surface area contributed by atoms with Gasteiger partial charge in [-0.15, -0.1) is 10.2 Å². The predicted octanol–water partition coefficient (Wildman–Crippen LogP) is 1.75. The minimum Gasteiger partial charge on any atom is -0.481 e. The lowest BCUT2D eigenvalue weighted by Crippen LogP contribution is -2.27. The first kappa shape index (κ1) is 11.4. The number of nitrogens with zero attached hydrogens (tertiary/aromatic N) is 3. The first-order chi connectivity index (χ1) is 8.77. The smallest absolute Gasteiger partial charge is 0.307 e. The van der Waals surface area contributed by atoms with Gasteiger partial charge < -0.3 is 9.67 Å². The molecule has 2 unspecified atom stereocenters. The van der Waals surface area contributed by atoms with Crippen LogP contribution in [-0.4, -0.2) is 25.8 Å². The van der Waals surface area contributed by atoms with Gasteiger partial charge in [0.25, 0.3) is 0 Å². The lowest BCUT2D eigenvalue weighted by Gasteiger charge is -2.26. The number of hydrogen-bond acceptors (Lipinski definition) is 3. The molecule has 0 saturated carbocycles. The molecule has 1 aromatic heterocycles. The first-order valence-electron chi connectivity index (χ1n) is 6.57. The molecule has 0 radical (unpaired) electrons. The molecule has 0 spiro atoms. The Bertz CT molecular complexity index is 492. The maximum atomic E-state index is 11.3. The zero-order valence-electron chi connectivity index (χ0n) is 10.2. The van der Waals surface area contributed by atoms with Crippen LogP contribution in [0.15, 0.2) is 12.2 Å². The molecule has 1 aliphatic carbocycles. The Morgan fingerprint density at radius 2 is 2.11 bits per heavy atom. The molecule has 2 aliphatic rings. The number of hydrogen-bond donors (Lipinski definition) is 1. The standard InChI is InChI=1S/C13H17N3O2/c17-13(18)10-6-2-1-5-9(10)12-15-14-11-7-3-4-8-16(11)12/h1-2,9-10H,3-8H2,(H,17,18). The zero-order valence-corrected chi connectivity index (χ0v) is 10.2. The van der Waals surface area contributed by atoms with Crippen molar-refractivity contribution in [2.45, 2.75) is 44.6 Å². The van der Waals surface area contributed by atoms with Crippen LogP contribution in [0.4, 0.5) is 0 Å². The van der Waals surface area contributed by atoms with Crippen molar-refractivity contribution in [1.82, 2.24) is 14.8 Å². The van der Waals surface area contributed by atoms with Gasteiger partial charge in [-0.2, -0.15) is 0 Å². The van der Waals surface area contributed by atoms with E-state index < -0.39 is 5.97 Å². The molecule has 5 nitrogen and oxygen atoms in total. The number of carboxylic acid groups (broad SMARTS) is 1. The Kier molecular flexibility index (Phi) is 2.89. The molecule has 1 aromatic rings. The Morgan fingerprint density at radius 1 is 1.28 bits per heavy atom. The van der Waals surface area contributed by atoms with Gasteiger partial charge in [0.05, 0.1) is 5.92 Å². The largest absolute Gasteiger partial charge is 0.481 e. The fourth-order valence-corrected chi connectivity index (χ4v) is 2.98. The van der Waals surface area contributed by atoms with E-state index in [-0.39, 0.29) is 11.8 Å². The fourth-order valence-electron chi connectivity index (χ4n) is 2.98. The molecular formula is C13H17N3O2. The van der Waals surface area contributed by atoms with Crippen molar-refractivity contribution in [3.05, 3.63) is 23.8 Å². The monoisotopic (exact) mass is 247 g/mol. The highest BCUT2D eigenvalue weighted by Gasteiger charge is 2.34. The van der Waals surface area contributed by atoms with E-state index in [0.29, 0.717) is 6.42 Å². The van der Waals surface area contributed by atoms with Gasteiger partial charge in [-0.3, -0.25) is 4.79 Å². The van der Waals surface area contributed by atoms with E-state index in [2.05, 4.69) is 20.8 Å². The summed E-state index contributed by atoms with van der Waals surface area (Å²) >= 11 is 0. The van der Waals surface area contributed by atoms with E-state index >= 15 is 0 Å². The summed E-state index contributed by atoms with van der Waals surface area (Å²) < 4.78 is 2.14. The van der Waals surface area contributed by atoms with E-state index in [1.165, 1.54) is 0 Å². The summed E-state index contributed by atoms with van der Waals surface area (Å²) in [6, 6.07) is 0. The predicted molar refractivity (Wildman–Crippen MR) is 65.2 cm³/mol. The summed E-state index contributed by atoms with van der Waals surface area (Å²) in [5, 5.41) is 17.8. The van der Waals surface area contributed by atoms with Crippen LogP contribution in [0, 0.1) is 5.92 Å². The molecule has 0 amide bonds. The van der Waals surface area contributed by atoms with Gasteiger partial charge in [0.2, 0.25) is 0 Å². The van der Waals surface area contributed by atoms with Gasteiger partial charge in [-0.1, -0.05) is 12.2 Å². The maximum absolute atomic E-state index is 11.3. The number of carbonyl (C=O) groups is 1. The van der Waals surface area contributed by atoms with Crippen LogP contribution < -0.4 is 0 Å². The summed E-state index contributed by atoms with van der Waals surface area (Å²) in [6.45, 7) is 0.935. The van der Waals surface area contributed by atoms with Crippen molar-refractivity contribution in [3.8, 4) is 0 Å². The highest BCUT2D eigenvalue weighted by Crippen LogP contribution is 2.35. The number of carboxylic acids is 1. The van der Waals surface area contributed by atoms with Crippen LogP contribution in [-0.2, 0) is 17.8 Å². The molecule has 0 saturated heterocycles. The highest BCUT2D eigenvalue weighted by molar-refractivity contribution is 5.71. The minimum atomic E-state index is -0.725. The quantitative estimate of drug-likeness (QED) is 0.808. The van der Waals surface area contributed by atoms with Crippen LogP contribution in [0.25, 0.3) is 0 Å². The molecule has 2 heterocycles. The Balaban J connectivity index is 1.95. The summed E-state index contributed by atoms with van der Waals surface area (Å²) in [5.41, 5.74) is 0. The number of rotatable bonds is 2. The first-order valence-corrected chi connectivity index (χ1v) is 6.57. The number of aliphatic carboxylic acids is 1. The van der Waals surface area contributed by atoms with Crippen LogP contribution in [0.2, 0.25) is 0 Å². The second-order valence-electron chi connectivity index (χ2n) is 5.08. The molecule has 0 bridgehead atoms. The van der Waals surface area contributed by atoms with Crippen LogP contribution in [0.5, 0.6) is 0 Å². The number of fused-ring (bicyclic) bond motifs is 1. The van der Waals surface area contributed by atoms with Crippen LogP contribution in [0.1, 0.15) is 43.3 Å². The molecule has 1 N–H and O–H groups in total. The molecule has 0 fully saturated rings. The van der Waals surface area contributed by atoms with Crippen molar-refractivity contribution in [2.24, 2.45) is 5.92 Å². The lowest BCUT2D eigenvalue weighted by atomic mass is 9.82. The number of aromatic nitrogens is 3. The second kappa shape index (κ2) is 4.55. The third kappa shape index (κ3) is 1.83. The van der Waals surface area contributed by atoms with Crippen molar-refractivity contribution < 1.29 is 9.90 Å². The summed E-state index contributed by atoms with van der Waals surface area (Å²) in [4.78, 5) is 11.3. The summed E-state index contributed by atoms with van der Waals surface area (Å²) in [5.74, 6) is 0.797. The van der Waals surface area contributed by atoms with Gasteiger partial charge in [0, 0.05) is 18.9 Å². The van der Waals surface area contributed by atoms with Gasteiger partial charge in [-0.25, -0.2) is 0 Å². The zero-order chi connectivity index (χ0) is 12.5. The van der Waals surface area contributed by atoms with Gasteiger partial charge >= 0.3 is 5.97 Å². The van der Waals surface area contributed by atoms with Gasteiger partial charge in [-0.05, 0) is 25.7 Å². The fraction of sp³-hybridized carbons (Fsp3) is 0.615. The van der Waals surface area contributed by atoms with Crippen LogP contribution >= 0.6 is 0 Å². The normalized spacial score (nSPS) is 26.9. The van der Waals surface area contributed by atoms with E-state index in [0.717, 1.165) is 43.9 Å². The number of allylic oxidation sites excluding steroid dienone is 2. The maximum Gasteiger partial charge on any atom is 0.307 e. The molecule has 3 rings (SSSR count). The molecule has 1 aliphatic heterocycles. The van der Waals surface area contributed by atoms with Gasteiger partial charge in [0.1, 0.15) is 11.6 Å². The van der Waals surface area contributed by atoms with E-state index in [9.17, 15) is 9.90 Å². The average Bonchev–Trinajstić information content (AvgIpc) is 2.82. The molecule has 2 atom stereocenters. The number of aryl methyl sites for hydroxylation is 1. The average molecular weight is 247 g/mol. The second-order valence-corrected chi connectivity index (χ2v) is 5.08. The lowest BCUT2D eigenvalue weighted by molar-refractivity contribution is -0.142. The molecule has 5 heteroatoms. The summed E-state index contributed by atoms with van der Waals surface area (Å²) in [7, 11) is 0. The highest BCUT2D eigenvalue weighted by atomic mass is 16.4. The van der Waals surface area contributed by atoms with E-state index in [4.69, 9.17) is 0 Å². The van der Waals surface area contributed by atoms with Crippen molar-refractivity contribution in [2.75, 3.05) is 0 Å². The molecular weight excluding hydrogens is 230 g/mol. The SMILES string of the molecule is O=C(O)C1CC=CCC1c1nnc2n1CCCC2. The third-order valence-electron chi connectivity index (χ3n) is 3.97. The summed E-state index contributed by atoms with van der Waals surface area (Å²) in [6.07, 6.45) is 8.64. The van der Waals surface area contributed by atoms with E-state index in [1.54, 1.807) is 0 Å². The Hall–Kier alpha value is -1.65. The Morgan fingerprint density at radius 3 is 2.94 bits per heavy atom. The minimum absolute atomic E-state index is 0.0214. The van der Waals surface area contributed by atoms with Crippen LogP contribution in [0.3, 0.4) is 0 Å². The van der Waals surface area contributed by atoms with Gasteiger partial charge in [0.15, 0.2) is 0 Å². The molecule has 0 aromatic carbocycles. The van der Waals surface area contributed by atoms with Crippen molar-refractivity contribution in [3.63, 3.8) is 0 Å². The Labute approximate surface area is 106 Å². The molecule has 18 heavy (non-hydrogen) atoms. The van der Waals surface area contributed by atoms with Crippen molar-refractivity contribution in [1.29, 1.82) is 0 Å². The third-order valence-corrected chi connectivity index (χ3v) is 3.97. The van der Waals surface area contributed by atoms with Crippen molar-refractivity contribution >= 4 is 5.97 Å².